The molecule has 0 aromatic carbocycles. The highest BCUT2D eigenvalue weighted by Crippen LogP contribution is 2.18. The van der Waals surface area contributed by atoms with Crippen LogP contribution in [0.15, 0.2) is 0 Å². The third-order valence-electron chi connectivity index (χ3n) is 4.17. The summed E-state index contributed by atoms with van der Waals surface area (Å²) in [4.78, 5) is 11.8. The van der Waals surface area contributed by atoms with E-state index in [9.17, 15) is 4.79 Å². The van der Waals surface area contributed by atoms with E-state index in [2.05, 4.69) is 10.6 Å². The lowest BCUT2D eigenvalue weighted by Crippen LogP contribution is -2.33. The van der Waals surface area contributed by atoms with Gasteiger partial charge in [-0.3, -0.25) is 4.79 Å². The van der Waals surface area contributed by atoms with E-state index in [1.165, 1.54) is 12.8 Å². The molecule has 0 unspecified atom stereocenters. The standard InChI is InChI=1S/C14H26N2O2/c17-14(2-1-12-3-7-15-8-4-12)16-11-13-5-9-18-10-6-13/h12-13,15H,1-11H2,(H,16,17). The van der Waals surface area contributed by atoms with Gasteiger partial charge in [0.25, 0.3) is 0 Å². The van der Waals surface area contributed by atoms with Crippen LogP contribution in [0, 0.1) is 11.8 Å². The average molecular weight is 254 g/mol. The minimum Gasteiger partial charge on any atom is -0.381 e. The van der Waals surface area contributed by atoms with Crippen LogP contribution in [0.3, 0.4) is 0 Å². The van der Waals surface area contributed by atoms with Crippen molar-refractivity contribution in [1.29, 1.82) is 0 Å². The first kappa shape index (κ1) is 13.8. The van der Waals surface area contributed by atoms with Crippen LogP contribution in [0.1, 0.15) is 38.5 Å². The van der Waals surface area contributed by atoms with Gasteiger partial charge < -0.3 is 15.4 Å². The van der Waals surface area contributed by atoms with E-state index < -0.39 is 0 Å². The molecule has 2 aliphatic rings. The molecule has 2 heterocycles. The topological polar surface area (TPSA) is 50.4 Å². The molecule has 18 heavy (non-hydrogen) atoms. The Balaban J connectivity index is 1.54. The third kappa shape index (κ3) is 4.94. The highest BCUT2D eigenvalue weighted by Gasteiger charge is 2.16. The van der Waals surface area contributed by atoms with Crippen LogP contribution in [0.2, 0.25) is 0 Å². The third-order valence-corrected chi connectivity index (χ3v) is 4.17. The summed E-state index contributed by atoms with van der Waals surface area (Å²) in [5.41, 5.74) is 0. The molecule has 4 nitrogen and oxygen atoms in total. The fraction of sp³-hybridized carbons (Fsp3) is 0.929. The van der Waals surface area contributed by atoms with E-state index >= 15 is 0 Å². The van der Waals surface area contributed by atoms with E-state index in [-0.39, 0.29) is 5.91 Å². The van der Waals surface area contributed by atoms with Crippen molar-refractivity contribution in [2.75, 3.05) is 32.8 Å². The van der Waals surface area contributed by atoms with Gasteiger partial charge in [-0.15, -0.1) is 0 Å². The quantitative estimate of drug-likeness (QED) is 0.778. The molecule has 2 N–H and O–H groups in total. The van der Waals surface area contributed by atoms with Gasteiger partial charge in [0.1, 0.15) is 0 Å². The van der Waals surface area contributed by atoms with Crippen molar-refractivity contribution in [3.8, 4) is 0 Å². The fourth-order valence-corrected chi connectivity index (χ4v) is 2.80. The van der Waals surface area contributed by atoms with E-state index in [1.54, 1.807) is 0 Å². The number of carbonyl (C=O) groups is 1. The predicted octanol–water partition coefficient (Wildman–Crippen LogP) is 1.31. The van der Waals surface area contributed by atoms with Crippen LogP contribution >= 0.6 is 0 Å². The van der Waals surface area contributed by atoms with Crippen LogP contribution in [0.4, 0.5) is 0 Å². The van der Waals surface area contributed by atoms with Crippen molar-refractivity contribution >= 4 is 5.91 Å². The largest absolute Gasteiger partial charge is 0.381 e. The number of hydrogen-bond acceptors (Lipinski definition) is 3. The zero-order valence-corrected chi connectivity index (χ0v) is 11.2. The first-order chi connectivity index (χ1) is 8.84. The zero-order valence-electron chi connectivity index (χ0n) is 11.2. The highest BCUT2D eigenvalue weighted by molar-refractivity contribution is 5.75. The molecular weight excluding hydrogens is 228 g/mol. The molecule has 0 aromatic rings. The molecule has 1 amide bonds. The number of ether oxygens (including phenoxy) is 1. The Bertz CT molecular complexity index is 222. The van der Waals surface area contributed by atoms with Gasteiger partial charge in [-0.1, -0.05) is 0 Å². The van der Waals surface area contributed by atoms with Gasteiger partial charge in [0, 0.05) is 26.2 Å². The first-order valence-electron chi connectivity index (χ1n) is 7.40. The second-order valence-corrected chi connectivity index (χ2v) is 5.59. The lowest BCUT2D eigenvalue weighted by Gasteiger charge is -2.23. The summed E-state index contributed by atoms with van der Waals surface area (Å²) in [6.07, 6.45) is 6.40. The number of rotatable bonds is 5. The Kier molecular flexibility index (Phi) is 5.94. The van der Waals surface area contributed by atoms with Crippen LogP contribution in [-0.2, 0) is 9.53 Å². The normalized spacial score (nSPS) is 22.9. The van der Waals surface area contributed by atoms with E-state index in [0.29, 0.717) is 12.3 Å². The Morgan fingerprint density at radius 2 is 1.83 bits per heavy atom. The van der Waals surface area contributed by atoms with Gasteiger partial charge >= 0.3 is 0 Å². The molecule has 2 fully saturated rings. The maximum absolute atomic E-state index is 11.8. The molecule has 2 rings (SSSR count). The number of hydrogen-bond donors (Lipinski definition) is 2. The number of nitrogens with one attached hydrogen (secondary N) is 2. The van der Waals surface area contributed by atoms with E-state index in [0.717, 1.165) is 58.0 Å². The summed E-state index contributed by atoms with van der Waals surface area (Å²) in [6, 6.07) is 0. The summed E-state index contributed by atoms with van der Waals surface area (Å²) in [5, 5.41) is 6.44. The molecule has 0 aromatic heterocycles. The summed E-state index contributed by atoms with van der Waals surface area (Å²) in [7, 11) is 0. The summed E-state index contributed by atoms with van der Waals surface area (Å²) < 4.78 is 5.31. The second-order valence-electron chi connectivity index (χ2n) is 5.59. The molecule has 4 heteroatoms. The average Bonchev–Trinajstić information content (AvgIpc) is 2.45. The summed E-state index contributed by atoms with van der Waals surface area (Å²) >= 11 is 0. The molecule has 104 valence electrons. The Morgan fingerprint density at radius 3 is 2.56 bits per heavy atom. The van der Waals surface area contributed by atoms with Crippen molar-refractivity contribution in [1.82, 2.24) is 10.6 Å². The van der Waals surface area contributed by atoms with Crippen molar-refractivity contribution < 1.29 is 9.53 Å². The highest BCUT2D eigenvalue weighted by atomic mass is 16.5. The predicted molar refractivity (Wildman–Crippen MR) is 71.4 cm³/mol. The first-order valence-corrected chi connectivity index (χ1v) is 7.40. The Labute approximate surface area is 110 Å². The van der Waals surface area contributed by atoms with Gasteiger partial charge in [0.15, 0.2) is 0 Å². The number of carbonyl (C=O) groups excluding carboxylic acids is 1. The monoisotopic (exact) mass is 254 g/mol. The molecular formula is C14H26N2O2. The lowest BCUT2D eigenvalue weighted by molar-refractivity contribution is -0.121. The van der Waals surface area contributed by atoms with Crippen LogP contribution in [0.5, 0.6) is 0 Å². The van der Waals surface area contributed by atoms with Crippen molar-refractivity contribution in [3.05, 3.63) is 0 Å². The molecule has 0 saturated carbocycles. The van der Waals surface area contributed by atoms with Crippen molar-refractivity contribution in [2.45, 2.75) is 38.5 Å². The van der Waals surface area contributed by atoms with E-state index in [1.807, 2.05) is 0 Å². The molecule has 0 radical (unpaired) electrons. The Hall–Kier alpha value is -0.610. The summed E-state index contributed by atoms with van der Waals surface area (Å²) in [6.45, 7) is 4.79. The molecule has 2 saturated heterocycles. The van der Waals surface area contributed by atoms with Crippen LogP contribution in [0.25, 0.3) is 0 Å². The van der Waals surface area contributed by atoms with Gasteiger partial charge in [-0.05, 0) is 57.0 Å². The molecule has 0 spiro atoms. The minimum atomic E-state index is 0.236. The van der Waals surface area contributed by atoms with Gasteiger partial charge in [-0.25, -0.2) is 0 Å². The molecule has 0 aliphatic carbocycles. The molecule has 2 aliphatic heterocycles. The maximum Gasteiger partial charge on any atom is 0.220 e. The number of piperidine rings is 1. The van der Waals surface area contributed by atoms with Gasteiger partial charge in [-0.2, -0.15) is 0 Å². The second kappa shape index (κ2) is 7.74. The zero-order chi connectivity index (χ0) is 12.6. The van der Waals surface area contributed by atoms with Crippen molar-refractivity contribution in [3.63, 3.8) is 0 Å². The lowest BCUT2D eigenvalue weighted by atomic mass is 9.93. The fourth-order valence-electron chi connectivity index (χ4n) is 2.80. The Morgan fingerprint density at radius 1 is 1.11 bits per heavy atom. The van der Waals surface area contributed by atoms with Crippen LogP contribution in [-0.4, -0.2) is 38.8 Å². The maximum atomic E-state index is 11.8. The smallest absolute Gasteiger partial charge is 0.220 e. The minimum absolute atomic E-state index is 0.236. The molecule has 0 atom stereocenters. The van der Waals surface area contributed by atoms with E-state index in [4.69, 9.17) is 4.74 Å². The SMILES string of the molecule is O=C(CCC1CCNCC1)NCC1CCOCC1. The van der Waals surface area contributed by atoms with Crippen LogP contribution < -0.4 is 10.6 Å². The van der Waals surface area contributed by atoms with Gasteiger partial charge in [0.05, 0.1) is 0 Å². The molecule has 0 bridgehead atoms. The van der Waals surface area contributed by atoms with Gasteiger partial charge in [0.2, 0.25) is 5.91 Å². The van der Waals surface area contributed by atoms with Crippen molar-refractivity contribution in [2.24, 2.45) is 11.8 Å². The number of amides is 1. The summed E-state index contributed by atoms with van der Waals surface area (Å²) in [5.74, 6) is 1.61.